The van der Waals surface area contributed by atoms with Gasteiger partial charge in [-0.3, -0.25) is 10.1 Å². The smallest absolute Gasteiger partial charge is 0.434 e. The van der Waals surface area contributed by atoms with E-state index >= 15 is 0 Å². The zero-order valence-electron chi connectivity index (χ0n) is 26.1. The number of aliphatic hydroxyl groups excluding tert-OH is 1. The molecule has 2 N–H and O–H groups in total. The van der Waals surface area contributed by atoms with Crippen molar-refractivity contribution < 1.29 is 51.7 Å². The van der Waals surface area contributed by atoms with Gasteiger partial charge in [0.25, 0.3) is 5.69 Å². The van der Waals surface area contributed by atoms with E-state index in [1.165, 1.54) is 19.2 Å². The molecule has 0 amide bonds. The summed E-state index contributed by atoms with van der Waals surface area (Å²) in [6.45, 7) is 2.09. The first-order chi connectivity index (χ1) is 22.4. The van der Waals surface area contributed by atoms with Crippen LogP contribution in [-0.2, 0) is 15.7 Å². The molecule has 2 aromatic carbocycles. The summed E-state index contributed by atoms with van der Waals surface area (Å²) in [6.07, 6.45) is -3.24. The Bertz CT molecular complexity index is 1550. The van der Waals surface area contributed by atoms with Crippen LogP contribution in [0.4, 0.5) is 18.9 Å². The number of pyridine rings is 1. The number of hydrogen-bond acceptors (Lipinski definition) is 11. The van der Waals surface area contributed by atoms with Gasteiger partial charge in [-0.15, -0.1) is 0 Å². The van der Waals surface area contributed by atoms with Gasteiger partial charge in [-0.25, -0.2) is 14.6 Å². The molecular formula is C32H36F3N3O9. The van der Waals surface area contributed by atoms with E-state index in [1.807, 2.05) is 6.07 Å². The van der Waals surface area contributed by atoms with Crippen molar-refractivity contribution >= 4 is 17.6 Å². The minimum atomic E-state index is -5.11. The lowest BCUT2D eigenvalue weighted by Crippen LogP contribution is -2.32. The molecule has 0 spiro atoms. The van der Waals surface area contributed by atoms with Crippen molar-refractivity contribution in [3.63, 3.8) is 0 Å². The summed E-state index contributed by atoms with van der Waals surface area (Å²) in [6, 6.07) is 11.7. The van der Waals surface area contributed by atoms with Crippen LogP contribution in [-0.4, -0.2) is 73.6 Å². The van der Waals surface area contributed by atoms with Crippen molar-refractivity contribution in [2.24, 2.45) is 0 Å². The van der Waals surface area contributed by atoms with Crippen molar-refractivity contribution in [2.45, 2.75) is 44.9 Å². The maximum Gasteiger partial charge on any atom is 0.434 e. The summed E-state index contributed by atoms with van der Waals surface area (Å²) in [5.74, 6) is -1.37. The second kappa shape index (κ2) is 17.2. The second-order valence-electron chi connectivity index (χ2n) is 10.3. The molecule has 0 aliphatic carbocycles. The summed E-state index contributed by atoms with van der Waals surface area (Å²) in [5.41, 5.74) is -4.63. The van der Waals surface area contributed by atoms with Crippen molar-refractivity contribution in [3.8, 4) is 22.6 Å². The number of ether oxygens (including phenoxy) is 4. The van der Waals surface area contributed by atoms with Crippen LogP contribution in [0.2, 0.25) is 0 Å². The number of esters is 2. The Hall–Kier alpha value is -4.76. The summed E-state index contributed by atoms with van der Waals surface area (Å²) in [4.78, 5) is 40.0. The lowest BCUT2D eigenvalue weighted by atomic mass is 9.91. The minimum Gasteiger partial charge on any atom is -0.493 e. The fourth-order valence-corrected chi connectivity index (χ4v) is 4.72. The number of methoxy groups -OCH3 is 2. The van der Waals surface area contributed by atoms with Gasteiger partial charge in [0.15, 0.2) is 17.2 Å². The first kappa shape index (κ1) is 36.7. The number of benzene rings is 2. The lowest BCUT2D eigenvalue weighted by Gasteiger charge is -2.20. The van der Waals surface area contributed by atoms with Crippen molar-refractivity contribution in [3.05, 3.63) is 81.2 Å². The third-order valence-corrected chi connectivity index (χ3v) is 6.95. The molecule has 0 bridgehead atoms. The number of nitro groups is 1. The molecule has 1 atom stereocenters. The number of nitrogens with zero attached hydrogens (tertiary/aromatic N) is 2. The van der Waals surface area contributed by atoms with Gasteiger partial charge < -0.3 is 29.4 Å². The van der Waals surface area contributed by atoms with Gasteiger partial charge in [-0.1, -0.05) is 37.1 Å². The normalized spacial score (nSPS) is 11.9. The largest absolute Gasteiger partial charge is 0.493 e. The molecule has 0 saturated heterocycles. The zero-order valence-corrected chi connectivity index (χ0v) is 26.1. The first-order valence-electron chi connectivity index (χ1n) is 14.7. The third-order valence-electron chi connectivity index (χ3n) is 6.95. The van der Waals surface area contributed by atoms with Crippen molar-refractivity contribution in [1.29, 1.82) is 0 Å². The molecule has 47 heavy (non-hydrogen) atoms. The maximum atomic E-state index is 14.0. The number of carbonyl (C=O) groups excluding carboxylic acids is 2. The minimum absolute atomic E-state index is 0.0757. The topological polar surface area (TPSA) is 159 Å². The van der Waals surface area contributed by atoms with E-state index in [9.17, 15) is 38.0 Å². The SMILES string of the molecule is COC(=O)c1c(C(F)(F)F)nc(C)c(C(=O)OCCCCCCNCC(O)COc2ccccc2OC)c1-c1cccc([N+](=O)[O-])c1. The maximum absolute atomic E-state index is 14.0. The Morgan fingerprint density at radius 2 is 1.70 bits per heavy atom. The van der Waals surface area contributed by atoms with Crippen LogP contribution in [0.15, 0.2) is 48.5 Å². The molecule has 12 nitrogen and oxygen atoms in total. The molecule has 254 valence electrons. The van der Waals surface area contributed by atoms with Gasteiger partial charge in [0.1, 0.15) is 12.7 Å². The van der Waals surface area contributed by atoms with Crippen LogP contribution in [0.1, 0.15) is 57.8 Å². The monoisotopic (exact) mass is 663 g/mol. The number of nitrogens with one attached hydrogen (secondary N) is 1. The predicted octanol–water partition coefficient (Wildman–Crippen LogP) is 5.53. The molecule has 0 saturated carbocycles. The van der Waals surface area contributed by atoms with Gasteiger partial charge in [0, 0.05) is 24.2 Å². The Morgan fingerprint density at radius 3 is 2.36 bits per heavy atom. The number of aromatic nitrogens is 1. The Balaban J connectivity index is 1.58. The lowest BCUT2D eigenvalue weighted by molar-refractivity contribution is -0.384. The number of aliphatic hydroxyl groups is 1. The number of halogens is 3. The number of alkyl halides is 3. The Morgan fingerprint density at radius 1 is 1.00 bits per heavy atom. The van der Waals surface area contributed by atoms with Gasteiger partial charge in [0.2, 0.25) is 0 Å². The fraction of sp³-hybridized carbons (Fsp3) is 0.406. The van der Waals surface area contributed by atoms with Crippen molar-refractivity contribution in [1.82, 2.24) is 10.3 Å². The van der Waals surface area contributed by atoms with E-state index < -0.39 is 57.2 Å². The summed E-state index contributed by atoms with van der Waals surface area (Å²) in [7, 11) is 2.40. The number of nitro benzene ring substituents is 1. The third kappa shape index (κ3) is 10.1. The van der Waals surface area contributed by atoms with Crippen molar-refractivity contribution in [2.75, 3.05) is 40.5 Å². The molecule has 1 heterocycles. The highest BCUT2D eigenvalue weighted by Crippen LogP contribution is 2.40. The van der Waals surface area contributed by atoms with Crippen LogP contribution in [0.25, 0.3) is 11.1 Å². The quantitative estimate of drug-likeness (QED) is 0.0810. The number of rotatable bonds is 17. The van der Waals surface area contributed by atoms with Crippen LogP contribution >= 0.6 is 0 Å². The van der Waals surface area contributed by atoms with E-state index in [0.29, 0.717) is 37.4 Å². The molecule has 3 rings (SSSR count). The van der Waals surface area contributed by atoms with Gasteiger partial charge in [-0.05, 0) is 44.0 Å². The number of unbranched alkanes of at least 4 members (excludes halogenated alkanes) is 3. The molecule has 0 aliphatic heterocycles. The predicted molar refractivity (Wildman–Crippen MR) is 164 cm³/mol. The summed E-state index contributed by atoms with van der Waals surface area (Å²) < 4.78 is 62.8. The molecule has 1 aromatic heterocycles. The number of para-hydroxylation sites is 2. The summed E-state index contributed by atoms with van der Waals surface area (Å²) >= 11 is 0. The van der Waals surface area contributed by atoms with E-state index in [4.69, 9.17) is 14.2 Å². The molecule has 0 aliphatic rings. The number of hydrogen-bond donors (Lipinski definition) is 2. The molecular weight excluding hydrogens is 627 g/mol. The average molecular weight is 664 g/mol. The van der Waals surface area contributed by atoms with E-state index in [0.717, 1.165) is 39.0 Å². The number of aryl methyl sites for hydroxylation is 1. The molecule has 3 aromatic rings. The van der Waals surface area contributed by atoms with Gasteiger partial charge in [-0.2, -0.15) is 13.2 Å². The zero-order chi connectivity index (χ0) is 34.6. The Labute approximate surface area is 269 Å². The summed E-state index contributed by atoms with van der Waals surface area (Å²) in [5, 5.41) is 24.7. The highest BCUT2D eigenvalue weighted by atomic mass is 19.4. The first-order valence-corrected chi connectivity index (χ1v) is 14.7. The van der Waals surface area contributed by atoms with Crippen LogP contribution in [0, 0.1) is 17.0 Å². The molecule has 0 radical (unpaired) electrons. The molecule has 0 fully saturated rings. The van der Waals surface area contributed by atoms with Gasteiger partial charge in [0.05, 0.1) is 42.6 Å². The average Bonchev–Trinajstić information content (AvgIpc) is 3.05. The Kier molecular flexibility index (Phi) is 13.5. The van der Waals surface area contributed by atoms with E-state index in [1.54, 1.807) is 18.2 Å². The second-order valence-corrected chi connectivity index (χ2v) is 10.3. The molecule has 1 unspecified atom stereocenters. The molecule has 15 heteroatoms. The van der Waals surface area contributed by atoms with E-state index in [-0.39, 0.29) is 24.5 Å². The van der Waals surface area contributed by atoms with Crippen LogP contribution < -0.4 is 14.8 Å². The number of carbonyl (C=O) groups is 2. The van der Waals surface area contributed by atoms with Crippen LogP contribution in [0.3, 0.4) is 0 Å². The standard InChI is InChI=1S/C32H36F3N3O9/c1-20-26(27(21-11-10-12-22(17-21)38(42)43)28(30(40)45-3)29(37-20)32(33,34)35)31(41)46-16-9-5-4-8-15-36-18-23(39)19-47-25-14-7-6-13-24(25)44-2/h6-7,10-14,17,23,36,39H,4-5,8-9,15-16,18-19H2,1-3H3. The highest BCUT2D eigenvalue weighted by molar-refractivity contribution is 6.07. The fourth-order valence-electron chi connectivity index (χ4n) is 4.72. The number of non-ortho nitro benzene ring substituents is 1. The highest BCUT2D eigenvalue weighted by Gasteiger charge is 2.42. The van der Waals surface area contributed by atoms with Crippen LogP contribution in [0.5, 0.6) is 11.5 Å². The van der Waals surface area contributed by atoms with E-state index in [2.05, 4.69) is 15.0 Å². The van der Waals surface area contributed by atoms with Gasteiger partial charge >= 0.3 is 18.1 Å².